The maximum absolute atomic E-state index is 5.68. The minimum absolute atomic E-state index is 0.566. The molecular weight excluding hydrogens is 208 g/mol. The van der Waals surface area contributed by atoms with E-state index in [9.17, 15) is 0 Å². The fourth-order valence-corrected chi connectivity index (χ4v) is 2.98. The van der Waals surface area contributed by atoms with Crippen molar-refractivity contribution in [3.05, 3.63) is 10.6 Å². The van der Waals surface area contributed by atoms with E-state index >= 15 is 0 Å². The van der Waals surface area contributed by atoms with Crippen LogP contribution in [-0.4, -0.2) is 17.4 Å². The molecule has 15 heavy (non-hydrogen) atoms. The molecule has 0 spiro atoms. The summed E-state index contributed by atoms with van der Waals surface area (Å²) in [6.07, 6.45) is 3.24. The first-order valence-electron chi connectivity index (χ1n) is 5.18. The van der Waals surface area contributed by atoms with Crippen molar-refractivity contribution in [2.24, 2.45) is 22.4 Å². The third kappa shape index (κ3) is 2.35. The number of fused-ring (bicyclic) bond motifs is 1. The van der Waals surface area contributed by atoms with Crippen molar-refractivity contribution in [2.45, 2.75) is 26.2 Å². The second kappa shape index (κ2) is 4.28. The molecule has 0 radical (unpaired) electrons. The van der Waals surface area contributed by atoms with Crippen LogP contribution in [0.4, 0.5) is 5.13 Å². The van der Waals surface area contributed by atoms with E-state index in [-0.39, 0.29) is 0 Å². The number of aliphatic imine (C=N–C) groups is 1. The van der Waals surface area contributed by atoms with Crippen molar-refractivity contribution < 1.29 is 0 Å². The van der Waals surface area contributed by atoms with Gasteiger partial charge in [-0.05, 0) is 38.6 Å². The molecule has 1 aromatic heterocycles. The molecule has 0 aromatic carbocycles. The van der Waals surface area contributed by atoms with Gasteiger partial charge in [0.25, 0.3) is 0 Å². The van der Waals surface area contributed by atoms with Crippen molar-refractivity contribution in [1.29, 1.82) is 0 Å². The van der Waals surface area contributed by atoms with E-state index in [1.54, 1.807) is 18.3 Å². The Hall–Kier alpha value is -0.940. The summed E-state index contributed by atoms with van der Waals surface area (Å²) in [6, 6.07) is 0. The molecule has 1 aromatic rings. The van der Waals surface area contributed by atoms with Gasteiger partial charge >= 0.3 is 0 Å². The second-order valence-corrected chi connectivity index (χ2v) is 5.03. The van der Waals surface area contributed by atoms with E-state index in [0.29, 0.717) is 11.8 Å². The highest BCUT2D eigenvalue weighted by Gasteiger charge is 2.21. The number of nitrogens with zero attached hydrogens (tertiary/aromatic N) is 2. The van der Waals surface area contributed by atoms with Crippen LogP contribution in [0.25, 0.3) is 0 Å². The Morgan fingerprint density at radius 3 is 3.13 bits per heavy atom. The maximum atomic E-state index is 5.68. The smallest absolute Gasteiger partial charge is 0.211 e. The van der Waals surface area contributed by atoms with Crippen LogP contribution in [0.1, 0.15) is 23.9 Å². The highest BCUT2D eigenvalue weighted by atomic mass is 32.1. The van der Waals surface area contributed by atoms with E-state index < -0.39 is 0 Å². The zero-order valence-corrected chi connectivity index (χ0v) is 9.68. The zero-order valence-electron chi connectivity index (χ0n) is 8.86. The van der Waals surface area contributed by atoms with Gasteiger partial charge in [-0.15, -0.1) is 0 Å². The van der Waals surface area contributed by atoms with Crippen LogP contribution >= 0.6 is 11.3 Å². The molecule has 4 nitrogen and oxygen atoms in total. The van der Waals surface area contributed by atoms with Crippen molar-refractivity contribution in [1.82, 2.24) is 4.98 Å². The molecule has 0 saturated heterocycles. The highest BCUT2D eigenvalue weighted by molar-refractivity contribution is 7.15. The number of thiazole rings is 1. The molecule has 1 aliphatic carbocycles. The van der Waals surface area contributed by atoms with Gasteiger partial charge in [0, 0.05) is 4.88 Å². The van der Waals surface area contributed by atoms with Crippen LogP contribution in [0.15, 0.2) is 4.99 Å². The van der Waals surface area contributed by atoms with Crippen molar-refractivity contribution in [3.8, 4) is 0 Å². The number of hydrogen-bond acceptors (Lipinski definition) is 4. The SMILES string of the molecule is C/C(N)=N/c1nc2c(s1)CC(CN)CC2. The minimum Gasteiger partial charge on any atom is -0.387 e. The summed E-state index contributed by atoms with van der Waals surface area (Å²) in [5.74, 6) is 1.19. The van der Waals surface area contributed by atoms with E-state index in [2.05, 4.69) is 9.98 Å². The van der Waals surface area contributed by atoms with Crippen LogP contribution in [0.5, 0.6) is 0 Å². The molecule has 4 N–H and O–H groups in total. The number of rotatable bonds is 2. The highest BCUT2D eigenvalue weighted by Crippen LogP contribution is 2.33. The zero-order chi connectivity index (χ0) is 10.8. The Morgan fingerprint density at radius 2 is 2.47 bits per heavy atom. The average molecular weight is 224 g/mol. The predicted octanol–water partition coefficient (Wildman–Crippen LogP) is 1.22. The molecule has 0 fully saturated rings. The standard InChI is InChI=1S/C10H16N4S/c1-6(12)13-10-14-8-3-2-7(5-11)4-9(8)15-10/h7H,2-5,11H2,1H3,(H2,12,13,14). The number of amidine groups is 1. The lowest BCUT2D eigenvalue weighted by atomic mass is 9.91. The Bertz CT molecular complexity index is 379. The monoisotopic (exact) mass is 224 g/mol. The molecule has 5 heteroatoms. The van der Waals surface area contributed by atoms with Gasteiger partial charge in [0.15, 0.2) is 0 Å². The molecule has 0 saturated carbocycles. The van der Waals surface area contributed by atoms with E-state index in [4.69, 9.17) is 11.5 Å². The van der Waals surface area contributed by atoms with Crippen LogP contribution in [0.2, 0.25) is 0 Å². The van der Waals surface area contributed by atoms with Gasteiger partial charge in [-0.25, -0.2) is 9.98 Å². The molecule has 0 amide bonds. The van der Waals surface area contributed by atoms with Gasteiger partial charge in [0.05, 0.1) is 11.5 Å². The Kier molecular flexibility index (Phi) is 3.02. The van der Waals surface area contributed by atoms with Gasteiger partial charge in [-0.1, -0.05) is 11.3 Å². The summed E-state index contributed by atoms with van der Waals surface area (Å²) in [5, 5.41) is 0.790. The van der Waals surface area contributed by atoms with Gasteiger partial charge in [-0.2, -0.15) is 0 Å². The third-order valence-corrected chi connectivity index (χ3v) is 3.65. The summed E-state index contributed by atoms with van der Waals surface area (Å²) >= 11 is 1.65. The van der Waals surface area contributed by atoms with E-state index in [1.807, 2.05) is 0 Å². The predicted molar refractivity (Wildman–Crippen MR) is 63.6 cm³/mol. The minimum atomic E-state index is 0.566. The Balaban J connectivity index is 2.21. The first kappa shape index (κ1) is 10.6. The number of hydrogen-bond donors (Lipinski definition) is 2. The summed E-state index contributed by atoms with van der Waals surface area (Å²) < 4.78 is 0. The third-order valence-electron chi connectivity index (χ3n) is 2.64. The fourth-order valence-electron chi connectivity index (χ4n) is 1.83. The second-order valence-electron chi connectivity index (χ2n) is 3.96. The van der Waals surface area contributed by atoms with Gasteiger partial charge in [0.2, 0.25) is 5.13 Å². The molecule has 1 atom stereocenters. The molecule has 2 rings (SSSR count). The summed E-state index contributed by atoms with van der Waals surface area (Å²) in [7, 11) is 0. The van der Waals surface area contributed by atoms with E-state index in [0.717, 1.165) is 30.9 Å². The Labute approximate surface area is 93.4 Å². The van der Waals surface area contributed by atoms with Crippen LogP contribution < -0.4 is 11.5 Å². The summed E-state index contributed by atoms with van der Waals surface area (Å²) in [6.45, 7) is 2.55. The first-order valence-corrected chi connectivity index (χ1v) is 6.00. The van der Waals surface area contributed by atoms with E-state index in [1.165, 1.54) is 10.6 Å². The lowest BCUT2D eigenvalue weighted by molar-refractivity contribution is 0.470. The maximum Gasteiger partial charge on any atom is 0.211 e. The lowest BCUT2D eigenvalue weighted by Gasteiger charge is -2.18. The van der Waals surface area contributed by atoms with Crippen molar-refractivity contribution >= 4 is 22.3 Å². The van der Waals surface area contributed by atoms with Gasteiger partial charge in [0.1, 0.15) is 0 Å². The number of nitrogens with two attached hydrogens (primary N) is 2. The largest absolute Gasteiger partial charge is 0.387 e. The molecule has 82 valence electrons. The quantitative estimate of drug-likeness (QED) is 0.585. The first-order chi connectivity index (χ1) is 7.19. The molecule has 0 aliphatic heterocycles. The Morgan fingerprint density at radius 1 is 1.67 bits per heavy atom. The number of aryl methyl sites for hydroxylation is 1. The molecule has 1 heterocycles. The fraction of sp³-hybridized carbons (Fsp3) is 0.600. The van der Waals surface area contributed by atoms with Crippen LogP contribution in [-0.2, 0) is 12.8 Å². The molecule has 1 aliphatic rings. The molecular formula is C10H16N4S. The average Bonchev–Trinajstić information content (AvgIpc) is 2.57. The van der Waals surface area contributed by atoms with Gasteiger partial charge in [-0.3, -0.25) is 0 Å². The topological polar surface area (TPSA) is 77.3 Å². The van der Waals surface area contributed by atoms with Crippen LogP contribution in [0, 0.1) is 5.92 Å². The van der Waals surface area contributed by atoms with Crippen molar-refractivity contribution in [2.75, 3.05) is 6.54 Å². The van der Waals surface area contributed by atoms with Crippen molar-refractivity contribution in [3.63, 3.8) is 0 Å². The van der Waals surface area contributed by atoms with Gasteiger partial charge < -0.3 is 11.5 Å². The summed E-state index contributed by atoms with van der Waals surface area (Å²) in [5.41, 5.74) is 12.4. The number of aromatic nitrogens is 1. The summed E-state index contributed by atoms with van der Waals surface area (Å²) in [4.78, 5) is 10.00. The lowest BCUT2D eigenvalue weighted by Crippen LogP contribution is -2.21. The normalized spacial score (nSPS) is 21.5. The molecule has 1 unspecified atom stereocenters. The molecule has 0 bridgehead atoms. The van der Waals surface area contributed by atoms with Crippen LogP contribution in [0.3, 0.4) is 0 Å².